The van der Waals surface area contributed by atoms with Crippen LogP contribution in [0.15, 0.2) is 53.7 Å². The number of amides is 1. The fraction of sp³-hybridized carbons (Fsp3) is 0.333. The number of nitrogens with one attached hydrogen (secondary N) is 2. The first-order valence-electron chi connectivity index (χ1n) is 9.70. The summed E-state index contributed by atoms with van der Waals surface area (Å²) < 4.78 is 12.9. The summed E-state index contributed by atoms with van der Waals surface area (Å²) in [5, 5.41) is 3.44. The van der Waals surface area contributed by atoms with Crippen molar-refractivity contribution in [2.24, 2.45) is 0 Å². The SMILES string of the molecule is CN1CCN(CC(=O)Nc2ccccc2CS(=O)c2nc3ccccc3[nH]2)CC1. The molecule has 29 heavy (non-hydrogen) atoms. The number of likely N-dealkylation sites (N-methyl/N-ethyl adjacent to an activating group) is 1. The van der Waals surface area contributed by atoms with Gasteiger partial charge in [0.1, 0.15) is 0 Å². The first kappa shape index (κ1) is 19.8. The highest BCUT2D eigenvalue weighted by Gasteiger charge is 2.18. The minimum Gasteiger partial charge on any atom is -0.331 e. The lowest BCUT2D eigenvalue weighted by Gasteiger charge is -2.31. The van der Waals surface area contributed by atoms with Crippen LogP contribution in [-0.2, 0) is 21.3 Å². The van der Waals surface area contributed by atoms with E-state index in [1.54, 1.807) is 0 Å². The second kappa shape index (κ2) is 8.86. The molecule has 1 atom stereocenters. The third-order valence-corrected chi connectivity index (χ3v) is 6.32. The zero-order valence-electron chi connectivity index (χ0n) is 16.4. The number of benzene rings is 2. The number of aromatic nitrogens is 2. The van der Waals surface area contributed by atoms with Crippen molar-refractivity contribution in [1.29, 1.82) is 0 Å². The third kappa shape index (κ3) is 4.90. The van der Waals surface area contributed by atoms with Crippen LogP contribution < -0.4 is 5.32 Å². The fourth-order valence-electron chi connectivity index (χ4n) is 3.41. The van der Waals surface area contributed by atoms with E-state index in [0.29, 0.717) is 17.4 Å². The molecule has 1 fully saturated rings. The zero-order valence-corrected chi connectivity index (χ0v) is 17.2. The van der Waals surface area contributed by atoms with Crippen LogP contribution in [0.2, 0.25) is 0 Å². The number of fused-ring (bicyclic) bond motifs is 1. The smallest absolute Gasteiger partial charge is 0.238 e. The molecule has 0 bridgehead atoms. The molecular formula is C21H25N5O2S. The van der Waals surface area contributed by atoms with Crippen molar-refractivity contribution in [1.82, 2.24) is 19.8 Å². The lowest BCUT2D eigenvalue weighted by molar-refractivity contribution is -0.117. The maximum absolute atomic E-state index is 12.9. The molecule has 2 heterocycles. The molecule has 4 rings (SSSR count). The quantitative estimate of drug-likeness (QED) is 0.649. The van der Waals surface area contributed by atoms with Gasteiger partial charge in [-0.2, -0.15) is 0 Å². The molecule has 8 heteroatoms. The molecule has 0 spiro atoms. The summed E-state index contributed by atoms with van der Waals surface area (Å²) in [6, 6.07) is 15.1. The van der Waals surface area contributed by atoms with Crippen molar-refractivity contribution in [2.45, 2.75) is 10.9 Å². The molecule has 1 aliphatic heterocycles. The summed E-state index contributed by atoms with van der Waals surface area (Å²) in [6.07, 6.45) is 0. The van der Waals surface area contributed by atoms with Gasteiger partial charge >= 0.3 is 0 Å². The van der Waals surface area contributed by atoms with E-state index in [1.165, 1.54) is 0 Å². The maximum Gasteiger partial charge on any atom is 0.238 e. The predicted molar refractivity (Wildman–Crippen MR) is 115 cm³/mol. The molecule has 1 saturated heterocycles. The number of hydrogen-bond acceptors (Lipinski definition) is 5. The Morgan fingerprint density at radius 3 is 2.62 bits per heavy atom. The van der Waals surface area contributed by atoms with Gasteiger partial charge in [0, 0.05) is 31.9 Å². The summed E-state index contributed by atoms with van der Waals surface area (Å²) in [5.41, 5.74) is 3.20. The van der Waals surface area contributed by atoms with Crippen molar-refractivity contribution in [3.63, 3.8) is 0 Å². The van der Waals surface area contributed by atoms with E-state index in [0.717, 1.165) is 42.8 Å². The molecule has 1 aliphatic rings. The summed E-state index contributed by atoms with van der Waals surface area (Å²) in [4.78, 5) is 24.5. The Hall–Kier alpha value is -2.55. The number of rotatable bonds is 6. The van der Waals surface area contributed by atoms with Crippen molar-refractivity contribution in [3.05, 3.63) is 54.1 Å². The Kier molecular flexibility index (Phi) is 6.03. The standard InChI is InChI=1S/C21H25N5O2S/c1-25-10-12-26(13-11-25)14-20(27)22-17-7-3-2-6-16(17)15-29(28)21-23-18-8-4-5-9-19(18)24-21/h2-9H,10-15H2,1H3,(H,22,27)(H,23,24). The van der Waals surface area contributed by atoms with E-state index in [-0.39, 0.29) is 11.7 Å². The van der Waals surface area contributed by atoms with E-state index in [2.05, 4.69) is 32.1 Å². The fourth-order valence-corrected chi connectivity index (χ4v) is 4.51. The molecule has 7 nitrogen and oxygen atoms in total. The number of imidazole rings is 1. The second-order valence-corrected chi connectivity index (χ2v) is 8.70. The highest BCUT2D eigenvalue weighted by atomic mass is 32.2. The van der Waals surface area contributed by atoms with Gasteiger partial charge in [-0.3, -0.25) is 13.9 Å². The zero-order chi connectivity index (χ0) is 20.2. The molecule has 0 aliphatic carbocycles. The third-order valence-electron chi connectivity index (χ3n) is 5.12. The van der Waals surface area contributed by atoms with Gasteiger partial charge in [-0.25, -0.2) is 4.98 Å². The van der Waals surface area contributed by atoms with Crippen LogP contribution in [0.1, 0.15) is 5.56 Å². The van der Waals surface area contributed by atoms with E-state index in [1.807, 2.05) is 48.5 Å². The molecule has 0 radical (unpaired) electrons. The number of H-pyrrole nitrogens is 1. The monoisotopic (exact) mass is 411 g/mol. The van der Waals surface area contributed by atoms with Crippen LogP contribution in [0.5, 0.6) is 0 Å². The molecule has 0 saturated carbocycles. The Labute approximate surface area is 172 Å². The minimum absolute atomic E-state index is 0.0449. The van der Waals surface area contributed by atoms with Gasteiger partial charge in [0.05, 0.1) is 34.1 Å². The van der Waals surface area contributed by atoms with Crippen molar-refractivity contribution < 1.29 is 9.00 Å². The van der Waals surface area contributed by atoms with Crippen LogP contribution >= 0.6 is 0 Å². The molecule has 1 unspecified atom stereocenters. The summed E-state index contributed by atoms with van der Waals surface area (Å²) in [7, 11) is 0.757. The van der Waals surface area contributed by atoms with Crippen molar-refractivity contribution >= 4 is 33.4 Å². The molecule has 152 valence electrons. The minimum atomic E-state index is -1.34. The first-order chi connectivity index (χ1) is 14.1. The number of aromatic amines is 1. The van der Waals surface area contributed by atoms with Crippen LogP contribution in [0.25, 0.3) is 11.0 Å². The van der Waals surface area contributed by atoms with Gasteiger partial charge in [0.15, 0.2) is 5.16 Å². The normalized spacial score (nSPS) is 16.7. The first-order valence-corrected chi connectivity index (χ1v) is 11.0. The van der Waals surface area contributed by atoms with Gasteiger partial charge in [-0.15, -0.1) is 0 Å². The van der Waals surface area contributed by atoms with Crippen LogP contribution in [0.3, 0.4) is 0 Å². The maximum atomic E-state index is 12.9. The highest BCUT2D eigenvalue weighted by Crippen LogP contribution is 2.20. The van der Waals surface area contributed by atoms with E-state index in [9.17, 15) is 9.00 Å². The molecular weight excluding hydrogens is 386 g/mol. The van der Waals surface area contributed by atoms with Crippen LogP contribution in [0, 0.1) is 0 Å². The Bertz CT molecular complexity index is 994. The van der Waals surface area contributed by atoms with Gasteiger partial charge in [-0.05, 0) is 30.8 Å². The average Bonchev–Trinajstić information content (AvgIpc) is 3.16. The predicted octanol–water partition coefficient (Wildman–Crippen LogP) is 2.06. The number of carbonyl (C=O) groups excluding carboxylic acids is 1. The van der Waals surface area contributed by atoms with Crippen LogP contribution in [0.4, 0.5) is 5.69 Å². The van der Waals surface area contributed by atoms with E-state index in [4.69, 9.17) is 0 Å². The number of para-hydroxylation sites is 3. The lowest BCUT2D eigenvalue weighted by Crippen LogP contribution is -2.47. The van der Waals surface area contributed by atoms with Crippen LogP contribution in [-0.4, -0.2) is 69.7 Å². The Morgan fingerprint density at radius 2 is 1.83 bits per heavy atom. The summed E-state index contributed by atoms with van der Waals surface area (Å²) in [5.74, 6) is 0.238. The molecule has 3 aromatic rings. The molecule has 2 aromatic carbocycles. The Balaban J connectivity index is 1.42. The lowest BCUT2D eigenvalue weighted by atomic mass is 10.2. The molecule has 1 amide bonds. The number of piperazine rings is 1. The largest absolute Gasteiger partial charge is 0.331 e. The van der Waals surface area contributed by atoms with Crippen molar-refractivity contribution in [2.75, 3.05) is 45.1 Å². The molecule has 2 N–H and O–H groups in total. The average molecular weight is 412 g/mol. The summed E-state index contributed by atoms with van der Waals surface area (Å²) in [6.45, 7) is 4.10. The van der Waals surface area contributed by atoms with Gasteiger partial charge in [-0.1, -0.05) is 30.3 Å². The molecule has 1 aromatic heterocycles. The van der Waals surface area contributed by atoms with E-state index >= 15 is 0 Å². The number of hydrogen-bond donors (Lipinski definition) is 2. The summed E-state index contributed by atoms with van der Waals surface area (Å²) >= 11 is 0. The van der Waals surface area contributed by atoms with E-state index < -0.39 is 10.8 Å². The van der Waals surface area contributed by atoms with Gasteiger partial charge in [0.25, 0.3) is 0 Å². The van der Waals surface area contributed by atoms with Crippen molar-refractivity contribution in [3.8, 4) is 0 Å². The highest BCUT2D eigenvalue weighted by molar-refractivity contribution is 7.84. The topological polar surface area (TPSA) is 81.3 Å². The number of anilines is 1. The van der Waals surface area contributed by atoms with Gasteiger partial charge in [0.2, 0.25) is 5.91 Å². The number of carbonyl (C=O) groups is 1. The van der Waals surface area contributed by atoms with Gasteiger partial charge < -0.3 is 15.2 Å². The Morgan fingerprint density at radius 1 is 1.10 bits per heavy atom. The second-order valence-electron chi connectivity index (χ2n) is 7.33. The number of nitrogens with zero attached hydrogens (tertiary/aromatic N) is 3.